The lowest BCUT2D eigenvalue weighted by Crippen LogP contribution is -2.21. The zero-order valence-electron chi connectivity index (χ0n) is 9.46. The molecule has 1 aliphatic rings. The van der Waals surface area contributed by atoms with Crippen LogP contribution in [0.5, 0.6) is 5.75 Å². The second kappa shape index (κ2) is 4.63. The van der Waals surface area contributed by atoms with Crippen molar-refractivity contribution in [2.45, 2.75) is 12.8 Å². The van der Waals surface area contributed by atoms with Gasteiger partial charge in [0, 0.05) is 16.2 Å². The van der Waals surface area contributed by atoms with E-state index in [0.717, 1.165) is 36.0 Å². The monoisotopic (exact) mass is 251 g/mol. The van der Waals surface area contributed by atoms with Crippen molar-refractivity contribution in [2.24, 2.45) is 0 Å². The number of benzene rings is 1. The van der Waals surface area contributed by atoms with Gasteiger partial charge in [-0.05, 0) is 42.9 Å². The first-order valence-electron chi connectivity index (χ1n) is 5.88. The smallest absolute Gasteiger partial charge is 0.131 e. The van der Waals surface area contributed by atoms with Crippen LogP contribution in [0, 0.1) is 5.82 Å². The minimum absolute atomic E-state index is 0.212. The van der Waals surface area contributed by atoms with Gasteiger partial charge in [0.1, 0.15) is 11.6 Å². The molecule has 1 aliphatic heterocycles. The van der Waals surface area contributed by atoms with E-state index in [1.165, 1.54) is 11.6 Å². The Morgan fingerprint density at radius 3 is 3.18 bits per heavy atom. The lowest BCUT2D eigenvalue weighted by molar-refractivity contribution is 0.309. The molecule has 0 saturated heterocycles. The van der Waals surface area contributed by atoms with Crippen LogP contribution in [-0.2, 0) is 6.42 Å². The molecule has 0 bridgehead atoms. The molecule has 0 unspecified atom stereocenters. The Labute approximate surface area is 103 Å². The summed E-state index contributed by atoms with van der Waals surface area (Å²) in [6, 6.07) is 3.10. The van der Waals surface area contributed by atoms with E-state index in [1.807, 2.05) is 0 Å². The third kappa shape index (κ3) is 2.15. The summed E-state index contributed by atoms with van der Waals surface area (Å²) in [6.07, 6.45) is 1.93. The van der Waals surface area contributed by atoms with Crippen LogP contribution < -0.4 is 10.1 Å². The van der Waals surface area contributed by atoms with Gasteiger partial charge >= 0.3 is 0 Å². The maximum atomic E-state index is 13.4. The van der Waals surface area contributed by atoms with Crippen molar-refractivity contribution in [1.82, 2.24) is 5.32 Å². The fourth-order valence-electron chi connectivity index (χ4n) is 2.19. The molecule has 0 amide bonds. The van der Waals surface area contributed by atoms with Gasteiger partial charge in [0.2, 0.25) is 0 Å². The second-order valence-corrected chi connectivity index (χ2v) is 5.15. The maximum Gasteiger partial charge on any atom is 0.131 e. The summed E-state index contributed by atoms with van der Waals surface area (Å²) in [6.45, 7) is 2.57. The van der Waals surface area contributed by atoms with E-state index < -0.39 is 0 Å². The SMILES string of the molecule is Fc1cc2c3c(csc3c1)CCNCCCO2. The Morgan fingerprint density at radius 2 is 2.24 bits per heavy atom. The molecule has 3 rings (SSSR count). The molecule has 1 aromatic carbocycles. The van der Waals surface area contributed by atoms with Crippen molar-refractivity contribution < 1.29 is 9.13 Å². The number of rotatable bonds is 0. The van der Waals surface area contributed by atoms with Crippen LogP contribution in [0.4, 0.5) is 4.39 Å². The van der Waals surface area contributed by atoms with Crippen LogP contribution in [0.25, 0.3) is 10.1 Å². The van der Waals surface area contributed by atoms with Gasteiger partial charge in [-0.15, -0.1) is 11.3 Å². The van der Waals surface area contributed by atoms with Crippen LogP contribution >= 0.6 is 11.3 Å². The third-order valence-corrected chi connectivity index (χ3v) is 3.98. The first-order chi connectivity index (χ1) is 8.34. The molecule has 2 nitrogen and oxygen atoms in total. The molecule has 4 heteroatoms. The summed E-state index contributed by atoms with van der Waals surface area (Å²) in [5.41, 5.74) is 1.26. The highest BCUT2D eigenvalue weighted by Gasteiger charge is 2.13. The van der Waals surface area contributed by atoms with Gasteiger partial charge in [0.15, 0.2) is 0 Å². The molecular formula is C13H14FNOS. The highest BCUT2D eigenvalue weighted by molar-refractivity contribution is 7.17. The Kier molecular flexibility index (Phi) is 2.99. The predicted molar refractivity (Wildman–Crippen MR) is 68.5 cm³/mol. The molecule has 0 fully saturated rings. The summed E-state index contributed by atoms with van der Waals surface area (Å²) in [5, 5.41) is 6.59. The van der Waals surface area contributed by atoms with Crippen LogP contribution in [0.15, 0.2) is 17.5 Å². The molecule has 1 aromatic heterocycles. The van der Waals surface area contributed by atoms with Crippen LogP contribution in [0.3, 0.4) is 0 Å². The molecule has 0 radical (unpaired) electrons. The van der Waals surface area contributed by atoms with Crippen molar-refractivity contribution in [2.75, 3.05) is 19.7 Å². The molecule has 0 aliphatic carbocycles. The van der Waals surface area contributed by atoms with Crippen molar-refractivity contribution in [3.05, 3.63) is 28.9 Å². The topological polar surface area (TPSA) is 21.3 Å². The van der Waals surface area contributed by atoms with Gasteiger partial charge in [-0.25, -0.2) is 4.39 Å². The quantitative estimate of drug-likeness (QED) is 0.777. The molecule has 17 heavy (non-hydrogen) atoms. The molecule has 0 spiro atoms. The summed E-state index contributed by atoms with van der Waals surface area (Å²) >= 11 is 1.59. The van der Waals surface area contributed by atoms with E-state index >= 15 is 0 Å². The Hall–Kier alpha value is -1.13. The van der Waals surface area contributed by atoms with Crippen molar-refractivity contribution in [3.63, 3.8) is 0 Å². The van der Waals surface area contributed by atoms with E-state index in [1.54, 1.807) is 17.4 Å². The molecule has 0 saturated carbocycles. The van der Waals surface area contributed by atoms with E-state index in [0.29, 0.717) is 12.4 Å². The van der Waals surface area contributed by atoms with Crippen LogP contribution in [0.2, 0.25) is 0 Å². The average molecular weight is 251 g/mol. The summed E-state index contributed by atoms with van der Waals surface area (Å²) < 4.78 is 20.1. The van der Waals surface area contributed by atoms with E-state index in [9.17, 15) is 4.39 Å². The normalized spacial score (nSPS) is 16.8. The predicted octanol–water partition coefficient (Wildman–Crippen LogP) is 2.96. The number of nitrogens with one attached hydrogen (secondary N) is 1. The lowest BCUT2D eigenvalue weighted by Gasteiger charge is -2.12. The fourth-order valence-corrected chi connectivity index (χ4v) is 3.22. The molecule has 90 valence electrons. The van der Waals surface area contributed by atoms with Gasteiger partial charge in [-0.1, -0.05) is 0 Å². The Morgan fingerprint density at radius 1 is 1.29 bits per heavy atom. The third-order valence-electron chi connectivity index (χ3n) is 3.01. The van der Waals surface area contributed by atoms with Crippen LogP contribution in [-0.4, -0.2) is 19.7 Å². The highest BCUT2D eigenvalue weighted by atomic mass is 32.1. The summed E-state index contributed by atoms with van der Waals surface area (Å²) in [4.78, 5) is 0. The average Bonchev–Trinajstić information content (AvgIpc) is 2.71. The largest absolute Gasteiger partial charge is 0.493 e. The van der Waals surface area contributed by atoms with E-state index in [4.69, 9.17) is 4.74 Å². The first-order valence-corrected chi connectivity index (χ1v) is 6.76. The maximum absolute atomic E-state index is 13.4. The van der Waals surface area contributed by atoms with Gasteiger partial charge < -0.3 is 10.1 Å². The van der Waals surface area contributed by atoms with Crippen molar-refractivity contribution >= 4 is 21.4 Å². The zero-order valence-corrected chi connectivity index (χ0v) is 10.3. The fraction of sp³-hybridized carbons (Fsp3) is 0.385. The van der Waals surface area contributed by atoms with Crippen LogP contribution in [0.1, 0.15) is 12.0 Å². The number of hydrogen-bond donors (Lipinski definition) is 1. The van der Waals surface area contributed by atoms with E-state index in [2.05, 4.69) is 10.7 Å². The standard InChI is InChI=1S/C13H14FNOS/c14-10-6-11-13-9(8-17-12(13)7-10)2-4-15-3-1-5-16-11/h6-8,15H,1-5H2. The minimum atomic E-state index is -0.212. The Balaban J connectivity index is 2.13. The number of halogens is 1. The molecule has 2 heterocycles. The number of ether oxygens (including phenoxy) is 1. The van der Waals surface area contributed by atoms with Gasteiger partial charge in [-0.2, -0.15) is 0 Å². The van der Waals surface area contributed by atoms with Gasteiger partial charge in [0.05, 0.1) is 6.61 Å². The number of thiophene rings is 1. The molecular weight excluding hydrogens is 237 g/mol. The minimum Gasteiger partial charge on any atom is -0.493 e. The summed E-state index contributed by atoms with van der Waals surface area (Å²) in [5.74, 6) is 0.495. The second-order valence-electron chi connectivity index (χ2n) is 4.24. The van der Waals surface area contributed by atoms with Crippen molar-refractivity contribution in [3.8, 4) is 5.75 Å². The Bertz CT molecular complexity index is 537. The highest BCUT2D eigenvalue weighted by Crippen LogP contribution is 2.35. The molecule has 2 aromatic rings. The van der Waals surface area contributed by atoms with Gasteiger partial charge in [-0.3, -0.25) is 0 Å². The molecule has 1 N–H and O–H groups in total. The number of hydrogen-bond acceptors (Lipinski definition) is 3. The first kappa shape index (κ1) is 11.0. The lowest BCUT2D eigenvalue weighted by atomic mass is 10.1. The van der Waals surface area contributed by atoms with Crippen molar-refractivity contribution in [1.29, 1.82) is 0 Å². The zero-order chi connectivity index (χ0) is 11.7. The van der Waals surface area contributed by atoms with E-state index in [-0.39, 0.29) is 5.82 Å². The molecule has 0 atom stereocenters. The summed E-state index contributed by atoms with van der Waals surface area (Å²) in [7, 11) is 0. The van der Waals surface area contributed by atoms with Gasteiger partial charge in [0.25, 0.3) is 0 Å².